The van der Waals surface area contributed by atoms with Gasteiger partial charge in [-0.2, -0.15) is 4.37 Å². The molecule has 3 aromatic heterocycles. The zero-order valence-corrected chi connectivity index (χ0v) is 18.2. The van der Waals surface area contributed by atoms with E-state index in [0.29, 0.717) is 18.3 Å². The highest BCUT2D eigenvalue weighted by molar-refractivity contribution is 7.05. The van der Waals surface area contributed by atoms with Crippen LogP contribution in [0.25, 0.3) is 11.5 Å². The molecule has 0 atom stereocenters. The first-order valence-corrected chi connectivity index (χ1v) is 11.3. The highest BCUT2D eigenvalue weighted by Crippen LogP contribution is 2.27. The summed E-state index contributed by atoms with van der Waals surface area (Å²) in [6.45, 7) is 4.80. The maximum atomic E-state index is 11.5. The smallest absolute Gasteiger partial charge is 0.219 e. The highest BCUT2D eigenvalue weighted by atomic mass is 32.1. The molecule has 160 valence electrons. The molecule has 1 aliphatic carbocycles. The fraction of sp³-hybridized carbons (Fsp3) is 0.409. The standard InChI is InChI=1S/C22H24N6O2S/c1-15(29)27-8-10-28(11-9-27)17-3-2-16(23-13-17)12-21-25-22(26-31-21)20-7-6-19(14-24-20)30-18-4-5-18/h2-3,6-7,13-14,18H,4-5,8-12H2,1H3. The summed E-state index contributed by atoms with van der Waals surface area (Å²) in [5, 5.41) is 0.908. The molecule has 1 saturated carbocycles. The Morgan fingerprint density at radius 3 is 2.58 bits per heavy atom. The second-order valence-electron chi connectivity index (χ2n) is 7.89. The van der Waals surface area contributed by atoms with E-state index in [1.807, 2.05) is 29.3 Å². The lowest BCUT2D eigenvalue weighted by atomic mass is 10.2. The minimum absolute atomic E-state index is 0.141. The van der Waals surface area contributed by atoms with E-state index < -0.39 is 0 Å². The highest BCUT2D eigenvalue weighted by Gasteiger charge is 2.23. The minimum Gasteiger partial charge on any atom is -0.489 e. The third-order valence-electron chi connectivity index (χ3n) is 5.49. The van der Waals surface area contributed by atoms with Gasteiger partial charge in [0, 0.05) is 45.2 Å². The Bertz CT molecular complexity index is 1040. The van der Waals surface area contributed by atoms with Crippen molar-refractivity contribution >= 4 is 23.1 Å². The van der Waals surface area contributed by atoms with Crippen molar-refractivity contribution in [2.45, 2.75) is 32.3 Å². The van der Waals surface area contributed by atoms with Crippen molar-refractivity contribution in [3.8, 4) is 17.3 Å². The van der Waals surface area contributed by atoms with Crippen LogP contribution in [0.2, 0.25) is 0 Å². The Hall–Kier alpha value is -3.07. The van der Waals surface area contributed by atoms with Gasteiger partial charge < -0.3 is 14.5 Å². The molecular formula is C22H24N6O2S. The van der Waals surface area contributed by atoms with Gasteiger partial charge in [0.05, 0.1) is 24.2 Å². The molecule has 0 unspecified atom stereocenters. The van der Waals surface area contributed by atoms with Gasteiger partial charge in [0.15, 0.2) is 5.82 Å². The van der Waals surface area contributed by atoms with Gasteiger partial charge in [-0.1, -0.05) is 0 Å². The van der Waals surface area contributed by atoms with Crippen LogP contribution in [0.4, 0.5) is 5.69 Å². The number of ether oxygens (including phenoxy) is 1. The number of carbonyl (C=O) groups excluding carboxylic acids is 1. The number of anilines is 1. The van der Waals surface area contributed by atoms with Crippen LogP contribution in [-0.2, 0) is 11.2 Å². The van der Waals surface area contributed by atoms with E-state index in [0.717, 1.165) is 66.9 Å². The van der Waals surface area contributed by atoms with Gasteiger partial charge in [0.25, 0.3) is 0 Å². The van der Waals surface area contributed by atoms with Crippen LogP contribution in [0.5, 0.6) is 5.75 Å². The van der Waals surface area contributed by atoms with E-state index in [1.165, 1.54) is 11.5 Å². The van der Waals surface area contributed by atoms with Crippen molar-refractivity contribution in [2.24, 2.45) is 0 Å². The van der Waals surface area contributed by atoms with E-state index in [2.05, 4.69) is 30.3 Å². The minimum atomic E-state index is 0.141. The summed E-state index contributed by atoms with van der Waals surface area (Å²) in [5.74, 6) is 1.58. The zero-order chi connectivity index (χ0) is 21.2. The molecule has 0 bridgehead atoms. The van der Waals surface area contributed by atoms with Crippen LogP contribution in [0.15, 0.2) is 36.7 Å². The summed E-state index contributed by atoms with van der Waals surface area (Å²) in [6, 6.07) is 7.96. The van der Waals surface area contributed by atoms with Crippen LogP contribution in [0, 0.1) is 0 Å². The number of piperazine rings is 1. The number of rotatable bonds is 6. The fourth-order valence-corrected chi connectivity index (χ4v) is 4.20. The predicted molar refractivity (Wildman–Crippen MR) is 118 cm³/mol. The lowest BCUT2D eigenvalue weighted by Gasteiger charge is -2.35. The molecule has 1 saturated heterocycles. The summed E-state index contributed by atoms with van der Waals surface area (Å²) in [4.78, 5) is 29.3. The average molecular weight is 437 g/mol. The van der Waals surface area contributed by atoms with Gasteiger partial charge in [-0.15, -0.1) is 0 Å². The van der Waals surface area contributed by atoms with Crippen molar-refractivity contribution in [1.82, 2.24) is 24.2 Å². The largest absolute Gasteiger partial charge is 0.489 e. The van der Waals surface area contributed by atoms with Crippen LogP contribution in [0.3, 0.4) is 0 Å². The van der Waals surface area contributed by atoms with E-state index in [4.69, 9.17) is 4.74 Å². The molecule has 5 rings (SSSR count). The third-order valence-corrected chi connectivity index (χ3v) is 6.20. The average Bonchev–Trinajstić information content (AvgIpc) is 3.49. The molecule has 9 heteroatoms. The first kappa shape index (κ1) is 19.9. The monoisotopic (exact) mass is 436 g/mol. The number of hydrogen-bond acceptors (Lipinski definition) is 8. The molecule has 4 heterocycles. The van der Waals surface area contributed by atoms with E-state index in [1.54, 1.807) is 13.1 Å². The molecule has 0 spiro atoms. The molecule has 1 aliphatic heterocycles. The van der Waals surface area contributed by atoms with Crippen molar-refractivity contribution in [2.75, 3.05) is 31.1 Å². The van der Waals surface area contributed by atoms with Crippen LogP contribution in [-0.4, -0.2) is 62.4 Å². The lowest BCUT2D eigenvalue weighted by Crippen LogP contribution is -2.48. The molecule has 31 heavy (non-hydrogen) atoms. The van der Waals surface area contributed by atoms with Crippen molar-refractivity contribution in [3.05, 3.63) is 47.4 Å². The Balaban J connectivity index is 1.19. The Kier molecular flexibility index (Phi) is 5.50. The van der Waals surface area contributed by atoms with E-state index in [-0.39, 0.29) is 5.91 Å². The topological polar surface area (TPSA) is 84.3 Å². The number of amides is 1. The molecule has 0 aromatic carbocycles. The predicted octanol–water partition coefficient (Wildman–Crippen LogP) is 2.80. The molecule has 0 radical (unpaired) electrons. The summed E-state index contributed by atoms with van der Waals surface area (Å²) in [5.41, 5.74) is 2.79. The molecule has 2 fully saturated rings. The number of aromatic nitrogens is 4. The normalized spacial score (nSPS) is 16.4. The van der Waals surface area contributed by atoms with E-state index in [9.17, 15) is 4.79 Å². The molecule has 1 amide bonds. The Morgan fingerprint density at radius 2 is 1.94 bits per heavy atom. The summed E-state index contributed by atoms with van der Waals surface area (Å²) in [7, 11) is 0. The molecule has 0 N–H and O–H groups in total. The maximum Gasteiger partial charge on any atom is 0.219 e. The fourth-order valence-electron chi connectivity index (χ4n) is 3.53. The first-order valence-electron chi connectivity index (χ1n) is 10.5. The second kappa shape index (κ2) is 8.58. The van der Waals surface area contributed by atoms with E-state index >= 15 is 0 Å². The van der Waals surface area contributed by atoms with Gasteiger partial charge >= 0.3 is 0 Å². The van der Waals surface area contributed by atoms with Gasteiger partial charge in [-0.05, 0) is 48.6 Å². The number of pyridine rings is 2. The van der Waals surface area contributed by atoms with Crippen molar-refractivity contribution in [3.63, 3.8) is 0 Å². The van der Waals surface area contributed by atoms with Crippen LogP contribution < -0.4 is 9.64 Å². The first-order chi connectivity index (χ1) is 15.1. The van der Waals surface area contributed by atoms with Crippen LogP contribution in [0.1, 0.15) is 30.5 Å². The number of carbonyl (C=O) groups is 1. The zero-order valence-electron chi connectivity index (χ0n) is 17.4. The number of hydrogen-bond donors (Lipinski definition) is 0. The Labute approximate surface area is 185 Å². The lowest BCUT2D eigenvalue weighted by molar-refractivity contribution is -0.129. The third kappa shape index (κ3) is 4.82. The van der Waals surface area contributed by atoms with Gasteiger partial charge in [0.1, 0.15) is 16.5 Å². The van der Waals surface area contributed by atoms with Crippen molar-refractivity contribution < 1.29 is 9.53 Å². The maximum absolute atomic E-state index is 11.5. The molecular weight excluding hydrogens is 412 g/mol. The van der Waals surface area contributed by atoms with Gasteiger partial charge in [-0.3, -0.25) is 9.78 Å². The van der Waals surface area contributed by atoms with Gasteiger partial charge in [0.2, 0.25) is 5.91 Å². The van der Waals surface area contributed by atoms with Crippen molar-refractivity contribution in [1.29, 1.82) is 0 Å². The summed E-state index contributed by atoms with van der Waals surface area (Å²) >= 11 is 1.38. The van der Waals surface area contributed by atoms with Crippen LogP contribution >= 0.6 is 11.5 Å². The second-order valence-corrected chi connectivity index (χ2v) is 8.72. The Morgan fingerprint density at radius 1 is 1.10 bits per heavy atom. The van der Waals surface area contributed by atoms with Gasteiger partial charge in [-0.25, -0.2) is 9.97 Å². The molecule has 2 aliphatic rings. The molecule has 3 aromatic rings. The SMILES string of the molecule is CC(=O)N1CCN(c2ccc(Cc3nc(-c4ccc(OC5CC5)cn4)ns3)nc2)CC1. The molecule has 8 nitrogen and oxygen atoms in total. The summed E-state index contributed by atoms with van der Waals surface area (Å²) in [6.07, 6.45) is 6.90. The number of nitrogens with zero attached hydrogens (tertiary/aromatic N) is 6. The quantitative estimate of drug-likeness (QED) is 0.587. The summed E-state index contributed by atoms with van der Waals surface area (Å²) < 4.78 is 10.2.